The van der Waals surface area contributed by atoms with Gasteiger partial charge in [-0.2, -0.15) is 0 Å². The summed E-state index contributed by atoms with van der Waals surface area (Å²) in [6.07, 6.45) is 0. The zero-order valence-electron chi connectivity index (χ0n) is 12.9. The molecule has 0 aliphatic carbocycles. The number of rotatable bonds is 3. The number of nitrogens with one attached hydrogen (secondary N) is 1. The number of halogens is 1. The fourth-order valence-electron chi connectivity index (χ4n) is 2.20. The molecule has 1 heterocycles. The van der Waals surface area contributed by atoms with Crippen LogP contribution in [0.3, 0.4) is 0 Å². The number of para-hydroxylation sites is 1. The largest absolute Gasteiger partial charge is 0.348 e. The van der Waals surface area contributed by atoms with Gasteiger partial charge in [0.05, 0.1) is 17.3 Å². The summed E-state index contributed by atoms with van der Waals surface area (Å²) in [5.74, 6) is 0.130. The summed E-state index contributed by atoms with van der Waals surface area (Å²) in [5, 5.41) is 4.51. The summed E-state index contributed by atoms with van der Waals surface area (Å²) in [4.78, 5) is 17.6. The van der Waals surface area contributed by atoms with Gasteiger partial charge in [-0.25, -0.2) is 0 Å². The monoisotopic (exact) mass is 340 g/mol. The van der Waals surface area contributed by atoms with E-state index in [1.165, 1.54) is 0 Å². The molecule has 1 aromatic rings. The fraction of sp³-hybridized carbons (Fsp3) is 0.467. The second kappa shape index (κ2) is 7.76. The topological polar surface area (TPSA) is 38.8 Å². The molecule has 1 fully saturated rings. The van der Waals surface area contributed by atoms with Crippen LogP contribution in [-0.4, -0.2) is 72.5 Å². The molecule has 0 aromatic heterocycles. The Labute approximate surface area is 141 Å². The Kier molecular flexibility index (Phi) is 5.99. The van der Waals surface area contributed by atoms with Gasteiger partial charge in [0.25, 0.3) is 0 Å². The standard InChI is InChI=1S/C15H21ClN4OS/c1-18(2)14(21)11-19-7-9-20(10-8-19)15(22)17-13-6-4-3-5-12(13)16/h3-6H,7-11H2,1-2H3,(H,17,22). The quantitative estimate of drug-likeness (QED) is 0.849. The number of hydrogen-bond acceptors (Lipinski definition) is 3. The number of piperazine rings is 1. The number of likely N-dealkylation sites (N-methyl/N-ethyl adjacent to an activating group) is 1. The normalized spacial score (nSPS) is 15.5. The molecule has 1 aliphatic rings. The zero-order valence-corrected chi connectivity index (χ0v) is 14.5. The van der Waals surface area contributed by atoms with Crippen molar-refractivity contribution in [2.45, 2.75) is 0 Å². The molecule has 1 saturated heterocycles. The zero-order chi connectivity index (χ0) is 16.1. The Balaban J connectivity index is 1.83. The minimum absolute atomic E-state index is 0.130. The summed E-state index contributed by atoms with van der Waals surface area (Å²) < 4.78 is 0. The minimum atomic E-state index is 0.130. The first kappa shape index (κ1) is 17.0. The average molecular weight is 341 g/mol. The van der Waals surface area contributed by atoms with Gasteiger partial charge in [0, 0.05) is 40.3 Å². The number of amides is 1. The van der Waals surface area contributed by atoms with E-state index in [1.807, 2.05) is 24.3 Å². The van der Waals surface area contributed by atoms with Crippen LogP contribution in [0.5, 0.6) is 0 Å². The van der Waals surface area contributed by atoms with Gasteiger partial charge in [-0.3, -0.25) is 9.69 Å². The average Bonchev–Trinajstić information content (AvgIpc) is 2.50. The van der Waals surface area contributed by atoms with Gasteiger partial charge in [-0.1, -0.05) is 23.7 Å². The minimum Gasteiger partial charge on any atom is -0.348 e. The van der Waals surface area contributed by atoms with Crippen molar-refractivity contribution in [2.24, 2.45) is 0 Å². The van der Waals surface area contributed by atoms with Crippen LogP contribution in [0.25, 0.3) is 0 Å². The lowest BCUT2D eigenvalue weighted by Gasteiger charge is -2.36. The predicted molar refractivity (Wildman–Crippen MR) is 94.4 cm³/mol. The van der Waals surface area contributed by atoms with Crippen molar-refractivity contribution >= 4 is 40.5 Å². The van der Waals surface area contributed by atoms with E-state index in [1.54, 1.807) is 19.0 Å². The van der Waals surface area contributed by atoms with Crippen LogP contribution >= 0.6 is 23.8 Å². The molecule has 5 nitrogen and oxygen atoms in total. The van der Waals surface area contributed by atoms with Crippen LogP contribution in [0.4, 0.5) is 5.69 Å². The molecule has 1 aromatic carbocycles. The maximum Gasteiger partial charge on any atom is 0.236 e. The third-order valence-electron chi connectivity index (χ3n) is 3.63. The van der Waals surface area contributed by atoms with Crippen molar-refractivity contribution in [1.82, 2.24) is 14.7 Å². The van der Waals surface area contributed by atoms with Crippen molar-refractivity contribution in [2.75, 3.05) is 52.1 Å². The number of thiocarbonyl (C=S) groups is 1. The van der Waals surface area contributed by atoms with Crippen LogP contribution in [0, 0.1) is 0 Å². The highest BCUT2D eigenvalue weighted by Gasteiger charge is 2.21. The van der Waals surface area contributed by atoms with Crippen LogP contribution in [-0.2, 0) is 4.79 Å². The van der Waals surface area contributed by atoms with E-state index in [0.29, 0.717) is 16.7 Å². The Morgan fingerprint density at radius 3 is 2.50 bits per heavy atom. The summed E-state index contributed by atoms with van der Waals surface area (Å²) in [6.45, 7) is 3.72. The lowest BCUT2D eigenvalue weighted by Crippen LogP contribution is -2.51. The van der Waals surface area contributed by atoms with Crippen LogP contribution in [0.2, 0.25) is 5.02 Å². The highest BCUT2D eigenvalue weighted by atomic mass is 35.5. The molecule has 22 heavy (non-hydrogen) atoms. The van der Waals surface area contributed by atoms with Gasteiger partial charge in [-0.15, -0.1) is 0 Å². The summed E-state index contributed by atoms with van der Waals surface area (Å²) in [6, 6.07) is 7.54. The van der Waals surface area contributed by atoms with E-state index in [0.717, 1.165) is 31.9 Å². The van der Waals surface area contributed by atoms with Crippen molar-refractivity contribution in [3.05, 3.63) is 29.3 Å². The molecule has 0 saturated carbocycles. The van der Waals surface area contributed by atoms with E-state index in [9.17, 15) is 4.79 Å². The SMILES string of the molecule is CN(C)C(=O)CN1CCN(C(=S)Nc2ccccc2Cl)CC1. The lowest BCUT2D eigenvalue weighted by molar-refractivity contribution is -0.130. The van der Waals surface area contributed by atoms with Crippen LogP contribution in [0.15, 0.2) is 24.3 Å². The smallest absolute Gasteiger partial charge is 0.236 e. The number of carbonyl (C=O) groups is 1. The van der Waals surface area contributed by atoms with Gasteiger partial charge in [0.15, 0.2) is 5.11 Å². The third kappa shape index (κ3) is 4.56. The van der Waals surface area contributed by atoms with E-state index >= 15 is 0 Å². The van der Waals surface area contributed by atoms with Crippen molar-refractivity contribution < 1.29 is 4.79 Å². The molecule has 120 valence electrons. The van der Waals surface area contributed by atoms with Crippen molar-refractivity contribution in [1.29, 1.82) is 0 Å². The number of carbonyl (C=O) groups excluding carboxylic acids is 1. The van der Waals surface area contributed by atoms with E-state index in [2.05, 4.69) is 15.1 Å². The number of anilines is 1. The van der Waals surface area contributed by atoms with Crippen LogP contribution < -0.4 is 5.32 Å². The molecule has 1 aliphatic heterocycles. The second-order valence-corrected chi connectivity index (χ2v) is 6.26. The van der Waals surface area contributed by atoms with Crippen molar-refractivity contribution in [3.8, 4) is 0 Å². The second-order valence-electron chi connectivity index (χ2n) is 5.46. The molecule has 1 N–H and O–H groups in total. The molecule has 0 spiro atoms. The summed E-state index contributed by atoms with van der Waals surface area (Å²) in [5.41, 5.74) is 0.819. The molecular weight excluding hydrogens is 320 g/mol. The molecule has 1 amide bonds. The van der Waals surface area contributed by atoms with E-state index in [-0.39, 0.29) is 5.91 Å². The molecule has 0 atom stereocenters. The lowest BCUT2D eigenvalue weighted by atomic mass is 10.3. The molecule has 0 unspecified atom stereocenters. The molecule has 2 rings (SSSR count). The van der Waals surface area contributed by atoms with Gasteiger partial charge in [0.2, 0.25) is 5.91 Å². The number of nitrogens with zero attached hydrogens (tertiary/aromatic N) is 3. The van der Waals surface area contributed by atoms with Gasteiger partial charge < -0.3 is 15.1 Å². The summed E-state index contributed by atoms with van der Waals surface area (Å²) >= 11 is 11.6. The maximum atomic E-state index is 11.7. The predicted octanol–water partition coefficient (Wildman–Crippen LogP) is 1.74. The van der Waals surface area contributed by atoms with Gasteiger partial charge >= 0.3 is 0 Å². The summed E-state index contributed by atoms with van der Waals surface area (Å²) in [7, 11) is 3.56. The Morgan fingerprint density at radius 2 is 1.91 bits per heavy atom. The Bertz CT molecular complexity index is 544. The van der Waals surface area contributed by atoms with Crippen molar-refractivity contribution in [3.63, 3.8) is 0 Å². The molecule has 0 radical (unpaired) electrons. The van der Waals surface area contributed by atoms with E-state index < -0.39 is 0 Å². The van der Waals surface area contributed by atoms with Gasteiger partial charge in [-0.05, 0) is 24.4 Å². The highest BCUT2D eigenvalue weighted by molar-refractivity contribution is 7.80. The van der Waals surface area contributed by atoms with Crippen LogP contribution in [0.1, 0.15) is 0 Å². The maximum absolute atomic E-state index is 11.7. The highest BCUT2D eigenvalue weighted by Crippen LogP contribution is 2.21. The Hall–Kier alpha value is -1.37. The third-order valence-corrected chi connectivity index (χ3v) is 4.32. The first-order valence-electron chi connectivity index (χ1n) is 7.20. The first-order valence-corrected chi connectivity index (χ1v) is 7.99. The number of hydrogen-bond donors (Lipinski definition) is 1. The fourth-order valence-corrected chi connectivity index (χ4v) is 2.67. The molecule has 7 heteroatoms. The first-order chi connectivity index (χ1) is 10.5. The number of benzene rings is 1. The molecule has 0 bridgehead atoms. The Morgan fingerprint density at radius 1 is 1.27 bits per heavy atom. The van der Waals surface area contributed by atoms with E-state index in [4.69, 9.17) is 23.8 Å². The molecular formula is C15H21ClN4OS. The van der Waals surface area contributed by atoms with Gasteiger partial charge in [0.1, 0.15) is 0 Å².